The molecule has 1 aromatic carbocycles. The first kappa shape index (κ1) is 10.0. The summed E-state index contributed by atoms with van der Waals surface area (Å²) < 4.78 is 25.5. The van der Waals surface area contributed by atoms with E-state index in [1.54, 1.807) is 12.1 Å². The standard InChI is InChI=1S/C10H6F2N2S/c11-7-2-1-3-8(4-7)15-10-5-9(12)13-6-14-10/h1-6H. The van der Waals surface area contributed by atoms with Crippen LogP contribution < -0.4 is 0 Å². The minimum atomic E-state index is -0.594. The molecule has 0 aliphatic rings. The molecule has 0 fully saturated rings. The number of halogens is 2. The van der Waals surface area contributed by atoms with Crippen molar-refractivity contribution >= 4 is 11.8 Å². The molecule has 2 nitrogen and oxygen atoms in total. The van der Waals surface area contributed by atoms with Gasteiger partial charge < -0.3 is 0 Å². The van der Waals surface area contributed by atoms with Crippen molar-refractivity contribution < 1.29 is 8.78 Å². The Bertz CT molecular complexity index is 433. The number of benzene rings is 1. The van der Waals surface area contributed by atoms with Crippen molar-refractivity contribution in [2.75, 3.05) is 0 Å². The molecule has 0 amide bonds. The first-order valence-electron chi connectivity index (χ1n) is 4.15. The van der Waals surface area contributed by atoms with E-state index >= 15 is 0 Å². The summed E-state index contributed by atoms with van der Waals surface area (Å²) in [6.45, 7) is 0. The van der Waals surface area contributed by atoms with Gasteiger partial charge in [-0.05, 0) is 18.2 Å². The molecular weight excluding hydrogens is 218 g/mol. The van der Waals surface area contributed by atoms with E-state index in [2.05, 4.69) is 9.97 Å². The number of hydrogen-bond acceptors (Lipinski definition) is 3. The predicted molar refractivity (Wildman–Crippen MR) is 52.5 cm³/mol. The lowest BCUT2D eigenvalue weighted by atomic mass is 10.4. The molecule has 76 valence electrons. The summed E-state index contributed by atoms with van der Waals surface area (Å²) in [5.74, 6) is -0.918. The van der Waals surface area contributed by atoms with E-state index in [1.165, 1.54) is 30.0 Å². The third-order valence-electron chi connectivity index (χ3n) is 1.63. The summed E-state index contributed by atoms with van der Waals surface area (Å²) in [6.07, 6.45) is 1.14. The Morgan fingerprint density at radius 3 is 2.67 bits per heavy atom. The highest BCUT2D eigenvalue weighted by molar-refractivity contribution is 7.99. The second-order valence-corrected chi connectivity index (χ2v) is 3.83. The van der Waals surface area contributed by atoms with Gasteiger partial charge in [0, 0.05) is 11.0 Å². The van der Waals surface area contributed by atoms with Crippen LogP contribution in [-0.2, 0) is 0 Å². The van der Waals surface area contributed by atoms with E-state index in [4.69, 9.17) is 0 Å². The number of nitrogens with zero attached hydrogens (tertiary/aromatic N) is 2. The van der Waals surface area contributed by atoms with Gasteiger partial charge in [0.05, 0.1) is 0 Å². The zero-order valence-corrected chi connectivity index (χ0v) is 8.34. The Labute approximate surface area is 89.4 Å². The van der Waals surface area contributed by atoms with Crippen molar-refractivity contribution in [2.45, 2.75) is 9.92 Å². The van der Waals surface area contributed by atoms with Gasteiger partial charge in [0.25, 0.3) is 0 Å². The summed E-state index contributed by atoms with van der Waals surface area (Å²) >= 11 is 1.18. The lowest BCUT2D eigenvalue weighted by molar-refractivity contribution is 0.572. The molecule has 2 rings (SSSR count). The van der Waals surface area contributed by atoms with E-state index in [0.717, 1.165) is 6.33 Å². The van der Waals surface area contributed by atoms with Crippen molar-refractivity contribution in [3.05, 3.63) is 48.4 Å². The highest BCUT2D eigenvalue weighted by atomic mass is 32.2. The third-order valence-corrected chi connectivity index (χ3v) is 2.55. The Kier molecular flexibility index (Phi) is 2.91. The zero-order chi connectivity index (χ0) is 10.7. The molecule has 5 heteroatoms. The van der Waals surface area contributed by atoms with Crippen LogP contribution in [0.2, 0.25) is 0 Å². The number of hydrogen-bond donors (Lipinski definition) is 0. The summed E-state index contributed by atoms with van der Waals surface area (Å²) in [6, 6.07) is 7.24. The third kappa shape index (κ3) is 2.73. The fraction of sp³-hybridized carbons (Fsp3) is 0. The Morgan fingerprint density at radius 1 is 1.07 bits per heavy atom. The van der Waals surface area contributed by atoms with Gasteiger partial charge in [0.2, 0.25) is 5.95 Å². The number of aromatic nitrogens is 2. The molecule has 0 saturated carbocycles. The van der Waals surface area contributed by atoms with Crippen LogP contribution in [0.25, 0.3) is 0 Å². The average molecular weight is 224 g/mol. The summed E-state index contributed by atoms with van der Waals surface area (Å²) in [5, 5.41) is 0.452. The fourth-order valence-electron chi connectivity index (χ4n) is 1.02. The van der Waals surface area contributed by atoms with Gasteiger partial charge >= 0.3 is 0 Å². The van der Waals surface area contributed by atoms with Crippen LogP contribution >= 0.6 is 11.8 Å². The molecule has 0 radical (unpaired) electrons. The molecule has 1 heterocycles. The van der Waals surface area contributed by atoms with Crippen molar-refractivity contribution in [1.82, 2.24) is 9.97 Å². The van der Waals surface area contributed by atoms with Gasteiger partial charge in [0.1, 0.15) is 17.2 Å². The average Bonchev–Trinajstić information content (AvgIpc) is 2.17. The first-order chi connectivity index (χ1) is 7.24. The highest BCUT2D eigenvalue weighted by Crippen LogP contribution is 2.25. The fourth-order valence-corrected chi connectivity index (χ4v) is 1.84. The van der Waals surface area contributed by atoms with Crippen LogP contribution in [0.3, 0.4) is 0 Å². The SMILES string of the molecule is Fc1cccc(Sc2cc(F)ncn2)c1. The van der Waals surface area contributed by atoms with E-state index in [0.29, 0.717) is 9.92 Å². The monoisotopic (exact) mass is 224 g/mol. The molecule has 0 N–H and O–H groups in total. The Morgan fingerprint density at radius 2 is 1.93 bits per heavy atom. The normalized spacial score (nSPS) is 10.3. The molecule has 0 saturated heterocycles. The zero-order valence-electron chi connectivity index (χ0n) is 7.52. The maximum absolute atomic E-state index is 12.8. The lowest BCUT2D eigenvalue weighted by Gasteiger charge is -1.99. The minimum absolute atomic E-state index is 0.325. The summed E-state index contributed by atoms with van der Waals surface area (Å²) in [4.78, 5) is 7.86. The molecule has 15 heavy (non-hydrogen) atoms. The highest BCUT2D eigenvalue weighted by Gasteiger charge is 2.01. The van der Waals surface area contributed by atoms with Crippen LogP contribution in [0.4, 0.5) is 8.78 Å². The molecule has 0 unspecified atom stereocenters. The van der Waals surface area contributed by atoms with Crippen LogP contribution in [0, 0.1) is 11.8 Å². The minimum Gasteiger partial charge on any atom is -0.229 e. The van der Waals surface area contributed by atoms with Gasteiger partial charge in [-0.1, -0.05) is 17.8 Å². The topological polar surface area (TPSA) is 25.8 Å². The lowest BCUT2D eigenvalue weighted by Crippen LogP contribution is -1.86. The second-order valence-electron chi connectivity index (χ2n) is 2.74. The molecule has 0 spiro atoms. The smallest absolute Gasteiger partial charge is 0.217 e. The maximum atomic E-state index is 12.8. The molecule has 0 atom stereocenters. The molecule has 0 bridgehead atoms. The van der Waals surface area contributed by atoms with E-state index in [-0.39, 0.29) is 5.82 Å². The van der Waals surface area contributed by atoms with Gasteiger partial charge in [-0.15, -0.1) is 0 Å². The predicted octanol–water partition coefficient (Wildman–Crippen LogP) is 2.91. The van der Waals surface area contributed by atoms with E-state index in [9.17, 15) is 8.78 Å². The van der Waals surface area contributed by atoms with Crippen molar-refractivity contribution in [3.63, 3.8) is 0 Å². The van der Waals surface area contributed by atoms with E-state index in [1.807, 2.05) is 0 Å². The second kappa shape index (κ2) is 4.35. The van der Waals surface area contributed by atoms with Crippen LogP contribution in [0.15, 0.2) is 46.6 Å². The number of rotatable bonds is 2. The van der Waals surface area contributed by atoms with E-state index < -0.39 is 5.95 Å². The molecule has 1 aromatic heterocycles. The van der Waals surface area contributed by atoms with Gasteiger partial charge in [-0.25, -0.2) is 14.4 Å². The summed E-state index contributed by atoms with van der Waals surface area (Å²) in [7, 11) is 0. The van der Waals surface area contributed by atoms with Crippen molar-refractivity contribution in [1.29, 1.82) is 0 Å². The first-order valence-corrected chi connectivity index (χ1v) is 4.97. The summed E-state index contributed by atoms with van der Waals surface area (Å²) in [5.41, 5.74) is 0. The molecule has 0 aliphatic carbocycles. The van der Waals surface area contributed by atoms with Crippen LogP contribution in [0.5, 0.6) is 0 Å². The molecule has 2 aromatic rings. The Hall–Kier alpha value is -1.49. The van der Waals surface area contributed by atoms with Gasteiger partial charge in [-0.3, -0.25) is 0 Å². The van der Waals surface area contributed by atoms with Crippen LogP contribution in [0.1, 0.15) is 0 Å². The molecule has 0 aliphatic heterocycles. The van der Waals surface area contributed by atoms with Gasteiger partial charge in [-0.2, -0.15) is 4.39 Å². The quantitative estimate of drug-likeness (QED) is 0.733. The van der Waals surface area contributed by atoms with Crippen molar-refractivity contribution in [3.8, 4) is 0 Å². The molecular formula is C10H6F2N2S. The van der Waals surface area contributed by atoms with Gasteiger partial charge in [0.15, 0.2) is 0 Å². The van der Waals surface area contributed by atoms with Crippen LogP contribution in [-0.4, -0.2) is 9.97 Å². The maximum Gasteiger partial charge on any atom is 0.217 e. The Balaban J connectivity index is 2.22. The van der Waals surface area contributed by atoms with Crippen molar-refractivity contribution in [2.24, 2.45) is 0 Å². The largest absolute Gasteiger partial charge is 0.229 e.